The van der Waals surface area contributed by atoms with Gasteiger partial charge >= 0.3 is 0 Å². The molecule has 1 aromatic carbocycles. The molecule has 1 aromatic rings. The molecule has 0 spiro atoms. The molecule has 0 N–H and O–H groups in total. The molecule has 1 aliphatic heterocycles. The Morgan fingerprint density at radius 2 is 1.91 bits per heavy atom. The fourth-order valence-corrected chi connectivity index (χ4v) is 3.41. The molecule has 0 radical (unpaired) electrons. The molecule has 0 saturated carbocycles. The lowest BCUT2D eigenvalue weighted by Crippen LogP contribution is -2.50. The number of thioether (sulfide) groups is 1. The Balaban J connectivity index is 2.24. The third kappa shape index (κ3) is 4.17. The molecule has 1 atom stereocenters. The van der Waals surface area contributed by atoms with Crippen molar-refractivity contribution in [1.29, 1.82) is 0 Å². The van der Waals surface area contributed by atoms with Gasteiger partial charge in [0.25, 0.3) is 5.91 Å². The minimum absolute atomic E-state index is 0.0599. The average Bonchev–Trinajstić information content (AvgIpc) is 2.75. The van der Waals surface area contributed by atoms with Gasteiger partial charge in [-0.05, 0) is 24.5 Å². The van der Waals surface area contributed by atoms with Crippen molar-refractivity contribution in [2.45, 2.75) is 18.9 Å². The highest BCUT2D eigenvalue weighted by Gasteiger charge is 2.37. The van der Waals surface area contributed by atoms with Crippen LogP contribution in [0.2, 0.25) is 0 Å². The Morgan fingerprint density at radius 3 is 2.48 bits per heavy atom. The molecule has 120 valence electrons. The molecule has 8 heteroatoms. The predicted molar refractivity (Wildman–Crippen MR) is 84.5 cm³/mol. The van der Waals surface area contributed by atoms with Crippen LogP contribution in [0.5, 0.6) is 0 Å². The number of benzene rings is 1. The summed E-state index contributed by atoms with van der Waals surface area (Å²) in [5, 5.41) is 21.8. The van der Waals surface area contributed by atoms with Crippen LogP contribution < -0.4 is 10.2 Å². The van der Waals surface area contributed by atoms with Crippen LogP contribution in [-0.4, -0.2) is 33.1 Å². The smallest absolute Gasteiger partial charge is 0.266 e. The number of carbonyl (C=O) groups is 3. The zero-order valence-electron chi connectivity index (χ0n) is 11.8. The first-order valence-electron chi connectivity index (χ1n) is 6.63. The summed E-state index contributed by atoms with van der Waals surface area (Å²) >= 11 is 6.03. The molecular weight excluding hydrogens is 338 g/mol. The van der Waals surface area contributed by atoms with Crippen molar-refractivity contribution in [2.24, 2.45) is 0 Å². The SMILES string of the molecule is O=C([O-])CCC(C(=O)[O-])N1C(=O)C(=Cc2ccccc2)SC1=S. The van der Waals surface area contributed by atoms with Gasteiger partial charge in [0, 0.05) is 5.97 Å². The Morgan fingerprint density at radius 1 is 1.26 bits per heavy atom. The Hall–Kier alpha value is -2.19. The lowest BCUT2D eigenvalue weighted by atomic mass is 10.1. The fraction of sp³-hybridized carbons (Fsp3) is 0.200. The largest absolute Gasteiger partial charge is 0.550 e. The Labute approximate surface area is 141 Å². The molecule has 2 rings (SSSR count). The van der Waals surface area contributed by atoms with E-state index in [4.69, 9.17) is 12.2 Å². The number of nitrogens with zero attached hydrogens (tertiary/aromatic N) is 1. The standard InChI is InChI=1S/C15H13NO5S2/c17-12(18)7-6-10(14(20)21)16-13(19)11(23-15(16)22)8-9-4-2-1-3-5-9/h1-5,8,10H,6-7H2,(H,17,18)(H,20,21)/p-2. The predicted octanol–water partition coefficient (Wildman–Crippen LogP) is -0.464. The molecule has 1 amide bonds. The van der Waals surface area contributed by atoms with Crippen molar-refractivity contribution in [3.63, 3.8) is 0 Å². The molecule has 0 aliphatic carbocycles. The Kier molecular flexibility index (Phi) is 5.51. The van der Waals surface area contributed by atoms with E-state index < -0.39 is 30.3 Å². The first kappa shape index (κ1) is 17.2. The summed E-state index contributed by atoms with van der Waals surface area (Å²) in [6.45, 7) is 0. The topological polar surface area (TPSA) is 101 Å². The number of carboxylic acid groups (broad SMARTS) is 2. The summed E-state index contributed by atoms with van der Waals surface area (Å²) in [5.74, 6) is -3.53. The molecule has 0 aromatic heterocycles. The van der Waals surface area contributed by atoms with Gasteiger partial charge in [-0.1, -0.05) is 54.3 Å². The lowest BCUT2D eigenvalue weighted by Gasteiger charge is -2.27. The van der Waals surface area contributed by atoms with Gasteiger partial charge in [0.1, 0.15) is 4.32 Å². The van der Waals surface area contributed by atoms with E-state index >= 15 is 0 Å². The highest BCUT2D eigenvalue weighted by Crippen LogP contribution is 2.34. The minimum atomic E-state index is -1.55. The molecule has 1 heterocycles. The van der Waals surface area contributed by atoms with Gasteiger partial charge < -0.3 is 19.8 Å². The first-order valence-corrected chi connectivity index (χ1v) is 7.85. The average molecular weight is 349 g/mol. The molecule has 1 unspecified atom stereocenters. The van der Waals surface area contributed by atoms with Crippen molar-refractivity contribution in [3.05, 3.63) is 40.8 Å². The summed E-state index contributed by atoms with van der Waals surface area (Å²) < 4.78 is 0.0599. The maximum Gasteiger partial charge on any atom is 0.266 e. The number of aliphatic carboxylic acids is 2. The van der Waals surface area contributed by atoms with Gasteiger partial charge in [0.05, 0.1) is 16.9 Å². The van der Waals surface area contributed by atoms with Crippen molar-refractivity contribution in [1.82, 2.24) is 4.90 Å². The second kappa shape index (κ2) is 7.38. The summed E-state index contributed by atoms with van der Waals surface area (Å²) in [4.78, 5) is 35.4. The van der Waals surface area contributed by atoms with Crippen LogP contribution in [-0.2, 0) is 14.4 Å². The molecule has 1 aliphatic rings. The maximum atomic E-state index is 12.4. The summed E-state index contributed by atoms with van der Waals surface area (Å²) in [5.41, 5.74) is 0.771. The molecule has 1 saturated heterocycles. The van der Waals surface area contributed by atoms with E-state index in [1.54, 1.807) is 30.3 Å². The summed E-state index contributed by atoms with van der Waals surface area (Å²) in [6, 6.07) is 7.58. The van der Waals surface area contributed by atoms with Crippen molar-refractivity contribution in [2.75, 3.05) is 0 Å². The normalized spacial score (nSPS) is 17.6. The maximum absolute atomic E-state index is 12.4. The number of amides is 1. The van der Waals surface area contributed by atoms with E-state index in [1.807, 2.05) is 6.07 Å². The van der Waals surface area contributed by atoms with Crippen LogP contribution in [0.15, 0.2) is 35.2 Å². The lowest BCUT2D eigenvalue weighted by molar-refractivity contribution is -0.311. The summed E-state index contributed by atoms with van der Waals surface area (Å²) in [6.07, 6.45) is 0.771. The van der Waals surface area contributed by atoms with E-state index in [0.29, 0.717) is 0 Å². The number of hydrogen-bond donors (Lipinski definition) is 0. The first-order chi connectivity index (χ1) is 10.9. The minimum Gasteiger partial charge on any atom is -0.550 e. The van der Waals surface area contributed by atoms with Gasteiger partial charge in [0.15, 0.2) is 0 Å². The number of thiocarbonyl (C=S) groups is 1. The van der Waals surface area contributed by atoms with Crippen LogP contribution in [0.25, 0.3) is 6.08 Å². The molecular formula is C15H11NO5S2-2. The van der Waals surface area contributed by atoms with E-state index in [0.717, 1.165) is 22.2 Å². The van der Waals surface area contributed by atoms with Gasteiger partial charge in [-0.2, -0.15) is 0 Å². The van der Waals surface area contributed by atoms with Crippen LogP contribution >= 0.6 is 24.0 Å². The van der Waals surface area contributed by atoms with Gasteiger partial charge in [0.2, 0.25) is 0 Å². The van der Waals surface area contributed by atoms with Crippen LogP contribution in [0, 0.1) is 0 Å². The molecule has 23 heavy (non-hydrogen) atoms. The molecule has 1 fully saturated rings. The van der Waals surface area contributed by atoms with Crippen molar-refractivity contribution in [3.8, 4) is 0 Å². The van der Waals surface area contributed by atoms with Crippen LogP contribution in [0.4, 0.5) is 0 Å². The van der Waals surface area contributed by atoms with Crippen molar-refractivity contribution >= 4 is 52.2 Å². The van der Waals surface area contributed by atoms with E-state index in [9.17, 15) is 24.6 Å². The van der Waals surface area contributed by atoms with Gasteiger partial charge in [-0.15, -0.1) is 0 Å². The third-order valence-electron chi connectivity index (χ3n) is 3.13. The van der Waals surface area contributed by atoms with E-state index in [1.165, 1.54) is 0 Å². The van der Waals surface area contributed by atoms with Crippen LogP contribution in [0.1, 0.15) is 18.4 Å². The van der Waals surface area contributed by atoms with Gasteiger partial charge in [-0.3, -0.25) is 9.69 Å². The number of carbonyl (C=O) groups excluding carboxylic acids is 3. The van der Waals surface area contributed by atoms with E-state index in [2.05, 4.69) is 0 Å². The second-order valence-electron chi connectivity index (χ2n) is 4.71. The molecule has 0 bridgehead atoms. The van der Waals surface area contributed by atoms with Gasteiger partial charge in [-0.25, -0.2) is 0 Å². The highest BCUT2D eigenvalue weighted by atomic mass is 32.2. The highest BCUT2D eigenvalue weighted by molar-refractivity contribution is 8.26. The van der Waals surface area contributed by atoms with Crippen LogP contribution in [0.3, 0.4) is 0 Å². The number of carboxylic acids is 2. The summed E-state index contributed by atoms with van der Waals surface area (Å²) in [7, 11) is 0. The fourth-order valence-electron chi connectivity index (χ4n) is 2.06. The quantitative estimate of drug-likeness (QED) is 0.506. The monoisotopic (exact) mass is 349 g/mol. The zero-order valence-corrected chi connectivity index (χ0v) is 13.4. The Bertz CT molecular complexity index is 686. The third-order valence-corrected chi connectivity index (χ3v) is 4.46. The van der Waals surface area contributed by atoms with Crippen molar-refractivity contribution < 1.29 is 24.6 Å². The second-order valence-corrected chi connectivity index (χ2v) is 6.38. The zero-order chi connectivity index (χ0) is 17.0. The number of hydrogen-bond acceptors (Lipinski definition) is 7. The number of rotatable bonds is 6. The molecule has 6 nitrogen and oxygen atoms in total. The van der Waals surface area contributed by atoms with E-state index in [-0.39, 0.29) is 15.6 Å².